The van der Waals surface area contributed by atoms with Gasteiger partial charge in [0.25, 0.3) is 11.8 Å². The zero-order valence-electron chi connectivity index (χ0n) is 16.6. The van der Waals surface area contributed by atoms with Gasteiger partial charge in [0, 0.05) is 43.2 Å². The number of nitrogens with zero attached hydrogens (tertiary/aromatic N) is 2. The lowest BCUT2D eigenvalue weighted by Crippen LogP contribution is -2.51. The molecular formula is C20H26N4O4S. The summed E-state index contributed by atoms with van der Waals surface area (Å²) in [7, 11) is 3.03. The number of carbonyl (C=O) groups is 2. The monoisotopic (exact) mass is 418 g/mol. The minimum atomic E-state index is -0.417. The second-order valence-corrected chi connectivity index (χ2v) is 7.74. The highest BCUT2D eigenvalue weighted by Gasteiger charge is 2.19. The summed E-state index contributed by atoms with van der Waals surface area (Å²) in [6, 6.07) is 9.02. The van der Waals surface area contributed by atoms with Crippen molar-refractivity contribution in [3.05, 3.63) is 46.2 Å². The van der Waals surface area contributed by atoms with Gasteiger partial charge >= 0.3 is 0 Å². The molecule has 0 spiro atoms. The standard InChI is InChI=1S/C20H26N4O4S/c1-27-17-6-5-15(12-18(17)28-2)20(26)22-21-19(25)14-24-9-7-23(8-10-24)13-16-4-3-11-29-16/h3-6,11-12H,7-10,13-14H2,1-2H3,(H,21,25)(H,22,26). The first kappa shape index (κ1) is 21.1. The van der Waals surface area contributed by atoms with Crippen molar-refractivity contribution in [2.24, 2.45) is 0 Å². The highest BCUT2D eigenvalue weighted by atomic mass is 32.1. The van der Waals surface area contributed by atoms with Gasteiger partial charge in [0.15, 0.2) is 11.5 Å². The molecule has 2 N–H and O–H groups in total. The summed E-state index contributed by atoms with van der Waals surface area (Å²) in [5.41, 5.74) is 5.29. The van der Waals surface area contributed by atoms with Crippen LogP contribution in [0.4, 0.5) is 0 Å². The number of hydrogen-bond acceptors (Lipinski definition) is 7. The second-order valence-electron chi connectivity index (χ2n) is 6.70. The van der Waals surface area contributed by atoms with Gasteiger partial charge in [0.05, 0.1) is 20.8 Å². The van der Waals surface area contributed by atoms with E-state index in [4.69, 9.17) is 9.47 Å². The maximum absolute atomic E-state index is 12.3. The number of benzene rings is 1. The van der Waals surface area contributed by atoms with E-state index < -0.39 is 5.91 Å². The van der Waals surface area contributed by atoms with Gasteiger partial charge in [-0.05, 0) is 29.6 Å². The third-order valence-corrected chi connectivity index (χ3v) is 5.61. The van der Waals surface area contributed by atoms with Gasteiger partial charge in [-0.2, -0.15) is 0 Å². The van der Waals surface area contributed by atoms with E-state index in [2.05, 4.69) is 38.2 Å². The molecule has 0 radical (unpaired) electrons. The Labute approximate surface area is 174 Å². The van der Waals surface area contributed by atoms with Crippen LogP contribution in [0.2, 0.25) is 0 Å². The Hall–Kier alpha value is -2.62. The summed E-state index contributed by atoms with van der Waals surface area (Å²) in [5.74, 6) is 0.323. The maximum Gasteiger partial charge on any atom is 0.269 e. The Kier molecular flexibility index (Phi) is 7.45. The quantitative estimate of drug-likeness (QED) is 0.661. The number of hydrazine groups is 1. The van der Waals surface area contributed by atoms with Gasteiger partial charge in [-0.3, -0.25) is 30.2 Å². The van der Waals surface area contributed by atoms with Crippen LogP contribution in [-0.4, -0.2) is 68.6 Å². The van der Waals surface area contributed by atoms with E-state index in [0.717, 1.165) is 32.7 Å². The van der Waals surface area contributed by atoms with Crippen molar-refractivity contribution in [3.8, 4) is 11.5 Å². The Morgan fingerprint density at radius 2 is 1.72 bits per heavy atom. The van der Waals surface area contributed by atoms with E-state index in [9.17, 15) is 9.59 Å². The fourth-order valence-corrected chi connectivity index (χ4v) is 3.89. The van der Waals surface area contributed by atoms with Crippen molar-refractivity contribution >= 4 is 23.2 Å². The topological polar surface area (TPSA) is 83.1 Å². The number of thiophene rings is 1. The lowest BCUT2D eigenvalue weighted by Gasteiger charge is -2.33. The van der Waals surface area contributed by atoms with Crippen molar-refractivity contribution in [3.63, 3.8) is 0 Å². The molecule has 3 rings (SSSR count). The van der Waals surface area contributed by atoms with E-state index in [1.807, 2.05) is 0 Å². The SMILES string of the molecule is COc1ccc(C(=O)NNC(=O)CN2CCN(Cc3cccs3)CC2)cc1OC. The number of ether oxygens (including phenoxy) is 2. The molecule has 0 unspecified atom stereocenters. The molecule has 2 amide bonds. The molecule has 1 aromatic carbocycles. The van der Waals surface area contributed by atoms with Crippen molar-refractivity contribution in [1.82, 2.24) is 20.7 Å². The van der Waals surface area contributed by atoms with Crippen LogP contribution >= 0.6 is 11.3 Å². The van der Waals surface area contributed by atoms with Crippen LogP contribution < -0.4 is 20.3 Å². The number of nitrogens with one attached hydrogen (secondary N) is 2. The van der Waals surface area contributed by atoms with Gasteiger partial charge in [-0.25, -0.2) is 0 Å². The van der Waals surface area contributed by atoms with Crippen LogP contribution in [0.5, 0.6) is 11.5 Å². The second kappa shape index (κ2) is 10.2. The molecule has 0 aliphatic carbocycles. The van der Waals surface area contributed by atoms with Crippen LogP contribution in [0.1, 0.15) is 15.2 Å². The predicted octanol–water partition coefficient (Wildman–Crippen LogP) is 1.34. The molecule has 9 heteroatoms. The fraction of sp³-hybridized carbons (Fsp3) is 0.400. The zero-order valence-corrected chi connectivity index (χ0v) is 17.5. The van der Waals surface area contributed by atoms with E-state index in [1.165, 1.54) is 19.1 Å². The average Bonchev–Trinajstić information content (AvgIpc) is 3.26. The fourth-order valence-electron chi connectivity index (χ4n) is 3.15. The third-order valence-electron chi connectivity index (χ3n) is 4.75. The van der Waals surface area contributed by atoms with Gasteiger partial charge in [-0.1, -0.05) is 6.07 Å². The van der Waals surface area contributed by atoms with Crippen LogP contribution in [0.15, 0.2) is 35.7 Å². The van der Waals surface area contributed by atoms with Crippen molar-refractivity contribution in [1.29, 1.82) is 0 Å². The first-order valence-corrected chi connectivity index (χ1v) is 10.3. The highest BCUT2D eigenvalue weighted by Crippen LogP contribution is 2.27. The minimum absolute atomic E-state index is 0.245. The van der Waals surface area contributed by atoms with Gasteiger partial charge in [0.1, 0.15) is 0 Å². The van der Waals surface area contributed by atoms with Gasteiger partial charge < -0.3 is 9.47 Å². The molecule has 0 saturated carbocycles. The molecule has 1 saturated heterocycles. The average molecular weight is 419 g/mol. The first-order chi connectivity index (χ1) is 14.1. The normalized spacial score (nSPS) is 15.0. The van der Waals surface area contributed by atoms with Gasteiger partial charge in [0.2, 0.25) is 0 Å². The number of amides is 2. The van der Waals surface area contributed by atoms with Crippen molar-refractivity contribution < 1.29 is 19.1 Å². The molecule has 1 aromatic heterocycles. The summed E-state index contributed by atoms with van der Waals surface area (Å²) in [5, 5.41) is 2.09. The molecule has 2 heterocycles. The number of carbonyl (C=O) groups excluding carboxylic acids is 2. The van der Waals surface area contributed by atoms with E-state index in [1.54, 1.807) is 29.5 Å². The first-order valence-electron chi connectivity index (χ1n) is 9.37. The minimum Gasteiger partial charge on any atom is -0.493 e. The molecule has 8 nitrogen and oxygen atoms in total. The van der Waals surface area contributed by atoms with E-state index in [0.29, 0.717) is 17.1 Å². The zero-order chi connectivity index (χ0) is 20.6. The molecule has 0 atom stereocenters. The molecule has 2 aromatic rings. The number of hydrogen-bond donors (Lipinski definition) is 2. The number of rotatable bonds is 7. The summed E-state index contributed by atoms with van der Waals surface area (Å²) in [4.78, 5) is 30.3. The Morgan fingerprint density at radius 1 is 1.00 bits per heavy atom. The largest absolute Gasteiger partial charge is 0.493 e. The van der Waals surface area contributed by atoms with Gasteiger partial charge in [-0.15, -0.1) is 11.3 Å². The molecule has 1 fully saturated rings. The number of piperazine rings is 1. The summed E-state index contributed by atoms with van der Waals surface area (Å²) in [6.45, 7) is 4.69. The highest BCUT2D eigenvalue weighted by molar-refractivity contribution is 7.09. The van der Waals surface area contributed by atoms with Crippen LogP contribution in [0.3, 0.4) is 0 Å². The summed E-state index contributed by atoms with van der Waals surface area (Å²) >= 11 is 1.77. The van der Waals surface area contributed by atoms with Crippen LogP contribution in [0, 0.1) is 0 Å². The molecule has 1 aliphatic heterocycles. The molecule has 29 heavy (non-hydrogen) atoms. The smallest absolute Gasteiger partial charge is 0.269 e. The van der Waals surface area contributed by atoms with Crippen molar-refractivity contribution in [2.45, 2.75) is 6.54 Å². The maximum atomic E-state index is 12.3. The Balaban J connectivity index is 1.40. The molecular weight excluding hydrogens is 392 g/mol. The Bertz CT molecular complexity index is 820. The molecule has 0 bridgehead atoms. The Morgan fingerprint density at radius 3 is 2.38 bits per heavy atom. The molecule has 1 aliphatic rings. The van der Waals surface area contributed by atoms with E-state index in [-0.39, 0.29) is 12.5 Å². The third kappa shape index (κ3) is 5.93. The summed E-state index contributed by atoms with van der Waals surface area (Å²) in [6.07, 6.45) is 0. The predicted molar refractivity (Wildman–Crippen MR) is 111 cm³/mol. The number of methoxy groups -OCH3 is 2. The van der Waals surface area contributed by atoms with Crippen LogP contribution in [-0.2, 0) is 11.3 Å². The van der Waals surface area contributed by atoms with Crippen LogP contribution in [0.25, 0.3) is 0 Å². The lowest BCUT2D eigenvalue weighted by molar-refractivity contribution is -0.123. The lowest BCUT2D eigenvalue weighted by atomic mass is 10.2. The van der Waals surface area contributed by atoms with Crippen molar-refractivity contribution in [2.75, 3.05) is 46.9 Å². The summed E-state index contributed by atoms with van der Waals surface area (Å²) < 4.78 is 10.3. The molecule has 156 valence electrons. The van der Waals surface area contributed by atoms with E-state index >= 15 is 0 Å².